The molecule has 192 valence electrons. The number of aliphatic carboxylic acids is 1. The first-order valence-corrected chi connectivity index (χ1v) is 12.3. The van der Waals surface area contributed by atoms with Crippen molar-refractivity contribution in [1.29, 1.82) is 0 Å². The van der Waals surface area contributed by atoms with Crippen molar-refractivity contribution >= 4 is 63.7 Å². The van der Waals surface area contributed by atoms with Crippen molar-refractivity contribution in [2.24, 2.45) is 16.5 Å². The number of carbonyl (C=O) groups is 5. The highest BCUT2D eigenvalue weighted by Gasteiger charge is 2.70. The van der Waals surface area contributed by atoms with Crippen molar-refractivity contribution in [3.63, 3.8) is 0 Å². The van der Waals surface area contributed by atoms with Crippen molar-refractivity contribution in [3.05, 3.63) is 22.3 Å². The Balaban J connectivity index is 1.58. The van der Waals surface area contributed by atoms with Gasteiger partial charge in [0.1, 0.15) is 29.9 Å². The summed E-state index contributed by atoms with van der Waals surface area (Å²) in [7, 11) is 3.48. The number of nitrogens with zero attached hydrogens (tertiary/aromatic N) is 3. The Bertz CT molecular complexity index is 1210. The number of carboxylic acids is 1. The van der Waals surface area contributed by atoms with E-state index >= 15 is 0 Å². The Kier molecular flexibility index (Phi) is 6.66. The number of thioether (sulfide) groups is 1. The number of nitrogens with one attached hydrogen (secondary N) is 1. The van der Waals surface area contributed by atoms with E-state index in [4.69, 9.17) is 20.0 Å². The number of carbonyl (C=O) groups excluding carboxylic acids is 4. The number of rotatable bonds is 8. The summed E-state index contributed by atoms with van der Waals surface area (Å²) >= 11 is 2.28. The molecule has 1 saturated heterocycles. The van der Waals surface area contributed by atoms with Crippen molar-refractivity contribution in [1.82, 2.24) is 15.2 Å². The van der Waals surface area contributed by atoms with Gasteiger partial charge in [-0.05, 0) is 12.0 Å². The number of carboxylic acid groups (broad SMARTS) is 1. The van der Waals surface area contributed by atoms with E-state index in [2.05, 4.69) is 15.5 Å². The summed E-state index contributed by atoms with van der Waals surface area (Å²) in [5, 5.41) is 17.1. The molecule has 1 aliphatic carbocycles. The third kappa shape index (κ3) is 3.85. The highest BCUT2D eigenvalue weighted by Crippen LogP contribution is 2.61. The number of methoxy groups -OCH3 is 2. The van der Waals surface area contributed by atoms with E-state index in [1.165, 1.54) is 24.3 Å². The molecule has 2 amide bonds. The van der Waals surface area contributed by atoms with E-state index in [0.717, 1.165) is 30.5 Å². The second-order valence-electron chi connectivity index (χ2n) is 7.94. The molecule has 1 aromatic heterocycles. The van der Waals surface area contributed by atoms with Crippen LogP contribution in [0.3, 0.4) is 0 Å². The number of hydrogen-bond donors (Lipinski definition) is 3. The van der Waals surface area contributed by atoms with Gasteiger partial charge >= 0.3 is 17.9 Å². The monoisotopic (exact) mass is 539 g/mol. The Morgan fingerprint density at radius 3 is 2.44 bits per heavy atom. The molecular formula is C20H21N5O9S2. The zero-order valence-electron chi connectivity index (χ0n) is 19.2. The van der Waals surface area contributed by atoms with Gasteiger partial charge in [-0.1, -0.05) is 5.16 Å². The zero-order chi connectivity index (χ0) is 26.4. The first kappa shape index (κ1) is 25.4. The van der Waals surface area contributed by atoms with Crippen LogP contribution in [0.4, 0.5) is 5.13 Å². The largest absolute Gasteiger partial charge is 0.477 e. The second kappa shape index (κ2) is 9.42. The van der Waals surface area contributed by atoms with E-state index in [1.807, 2.05) is 0 Å². The highest BCUT2D eigenvalue weighted by molar-refractivity contribution is 8.00. The van der Waals surface area contributed by atoms with Gasteiger partial charge in [0, 0.05) is 17.1 Å². The molecule has 14 nitrogen and oxygen atoms in total. The van der Waals surface area contributed by atoms with Gasteiger partial charge in [-0.3, -0.25) is 24.1 Å². The average Bonchev–Trinajstić information content (AvgIpc) is 3.49. The van der Waals surface area contributed by atoms with E-state index < -0.39 is 52.5 Å². The third-order valence-corrected chi connectivity index (χ3v) is 8.11. The highest BCUT2D eigenvalue weighted by atomic mass is 32.2. The molecule has 1 aromatic rings. The van der Waals surface area contributed by atoms with Crippen LogP contribution in [-0.2, 0) is 38.3 Å². The topological polar surface area (TPSA) is 200 Å². The lowest BCUT2D eigenvalue weighted by atomic mass is 9.95. The molecule has 16 heteroatoms. The lowest BCUT2D eigenvalue weighted by molar-refractivity contribution is -0.162. The maximum Gasteiger partial charge on any atom is 0.352 e. The van der Waals surface area contributed by atoms with Crippen molar-refractivity contribution in [2.45, 2.75) is 17.8 Å². The predicted octanol–water partition coefficient (Wildman–Crippen LogP) is -0.833. The van der Waals surface area contributed by atoms with Crippen molar-refractivity contribution in [3.8, 4) is 0 Å². The molecule has 4 rings (SSSR count). The van der Waals surface area contributed by atoms with Crippen LogP contribution >= 0.6 is 23.1 Å². The lowest BCUT2D eigenvalue weighted by Crippen LogP contribution is -2.71. The first-order chi connectivity index (χ1) is 17.1. The molecule has 3 heterocycles. The summed E-state index contributed by atoms with van der Waals surface area (Å²) in [6.45, 7) is 0. The Morgan fingerprint density at radius 1 is 1.25 bits per heavy atom. The molecule has 0 aromatic carbocycles. The molecule has 0 bridgehead atoms. The fourth-order valence-electron chi connectivity index (χ4n) is 4.39. The number of nitrogen functional groups attached to an aromatic ring is 1. The Labute approximate surface area is 211 Å². The van der Waals surface area contributed by atoms with Gasteiger partial charge in [-0.2, -0.15) is 0 Å². The number of ether oxygens (including phenoxy) is 2. The summed E-state index contributed by atoms with van der Waals surface area (Å²) in [6, 6.07) is -1.05. The fourth-order valence-corrected chi connectivity index (χ4v) is 6.37. The van der Waals surface area contributed by atoms with Gasteiger partial charge in [0.25, 0.3) is 11.8 Å². The molecule has 1 unspecified atom stereocenters. The molecule has 36 heavy (non-hydrogen) atoms. The van der Waals surface area contributed by atoms with Crippen molar-refractivity contribution < 1.29 is 43.4 Å². The standard InChI is InChI=1S/C20H21N5O9S2/c1-32-17(30)20(18(31)33-2)4-8(20)7-5-35-15-11(14(27)25(15)12(7)16(28)29)23-13(26)10(24-34-3)9-6-36-19(21)22-9/h6,8,11,15H,4-5H2,1-3H3,(H2,21,22)(H,23,26)(H,28,29)/b24-10-/t8?,11-,15-/m1/s1. The summed E-state index contributed by atoms with van der Waals surface area (Å²) in [5.74, 6) is -5.20. The van der Waals surface area contributed by atoms with Gasteiger partial charge < -0.3 is 30.5 Å². The summed E-state index contributed by atoms with van der Waals surface area (Å²) in [6.07, 6.45) is -0.000500. The third-order valence-electron chi connectivity index (χ3n) is 6.13. The van der Waals surface area contributed by atoms with E-state index in [-0.39, 0.29) is 40.0 Å². The lowest BCUT2D eigenvalue weighted by Gasteiger charge is -2.49. The van der Waals surface area contributed by atoms with Gasteiger partial charge in [0.05, 0.1) is 14.2 Å². The fraction of sp³-hybridized carbons (Fsp3) is 0.450. The smallest absolute Gasteiger partial charge is 0.352 e. The first-order valence-electron chi connectivity index (χ1n) is 10.3. The Hall–Kier alpha value is -3.66. The van der Waals surface area contributed by atoms with Crippen LogP contribution < -0.4 is 11.1 Å². The molecule has 3 aliphatic rings. The minimum Gasteiger partial charge on any atom is -0.477 e. The molecule has 2 fully saturated rings. The number of thiazole rings is 1. The van der Waals surface area contributed by atoms with Gasteiger partial charge in [-0.15, -0.1) is 23.1 Å². The van der Waals surface area contributed by atoms with Gasteiger partial charge in [0.15, 0.2) is 16.3 Å². The van der Waals surface area contributed by atoms with Crippen LogP contribution in [-0.4, -0.2) is 88.9 Å². The second-order valence-corrected chi connectivity index (χ2v) is 9.94. The number of oxime groups is 1. The normalized spacial score (nSPS) is 24.3. The number of β-lactam (4-membered cyclic amide) rings is 1. The number of hydrogen-bond acceptors (Lipinski definition) is 13. The quantitative estimate of drug-likeness (QED) is 0.122. The maximum absolute atomic E-state index is 13.0. The van der Waals surface area contributed by atoms with E-state index in [1.54, 1.807) is 0 Å². The zero-order valence-corrected chi connectivity index (χ0v) is 20.8. The number of aromatic nitrogens is 1. The van der Waals surface area contributed by atoms with Crippen LogP contribution in [0.15, 0.2) is 21.8 Å². The Morgan fingerprint density at radius 2 is 1.92 bits per heavy atom. The van der Waals surface area contributed by atoms with Gasteiger partial charge in [0.2, 0.25) is 0 Å². The molecule has 1 saturated carbocycles. The SMILES string of the molecule is CO/N=C(\C(=O)N[C@@H]1C(=O)N2C(C(=O)O)=C(C3CC3(C(=O)OC)C(=O)OC)CS[C@H]12)c1csc(N)n1. The number of anilines is 1. The van der Waals surface area contributed by atoms with E-state index in [9.17, 15) is 29.1 Å². The molecule has 4 N–H and O–H groups in total. The van der Waals surface area contributed by atoms with Gasteiger partial charge in [-0.25, -0.2) is 9.78 Å². The number of fused-ring (bicyclic) bond motifs is 1. The van der Waals surface area contributed by atoms with Crippen LogP contribution in [0.5, 0.6) is 0 Å². The number of nitrogens with two attached hydrogens (primary N) is 1. The van der Waals surface area contributed by atoms with E-state index in [0.29, 0.717) is 0 Å². The molecule has 0 radical (unpaired) electrons. The molecular weight excluding hydrogens is 518 g/mol. The van der Waals surface area contributed by atoms with Crippen LogP contribution in [0, 0.1) is 11.3 Å². The molecule has 2 aliphatic heterocycles. The summed E-state index contributed by atoms with van der Waals surface area (Å²) in [5.41, 5.74) is 3.83. The predicted molar refractivity (Wildman–Crippen MR) is 124 cm³/mol. The van der Waals surface area contributed by atoms with Crippen LogP contribution in [0.1, 0.15) is 12.1 Å². The number of amides is 2. The minimum absolute atomic E-state index is 0.000500. The number of esters is 2. The minimum atomic E-state index is -1.66. The maximum atomic E-state index is 13.0. The average molecular weight is 540 g/mol. The molecule has 3 atom stereocenters. The summed E-state index contributed by atoms with van der Waals surface area (Å²) < 4.78 is 9.53. The molecule has 0 spiro atoms. The van der Waals surface area contributed by atoms with Crippen LogP contribution in [0.25, 0.3) is 0 Å². The summed E-state index contributed by atoms with van der Waals surface area (Å²) in [4.78, 5) is 72.6. The van der Waals surface area contributed by atoms with Crippen LogP contribution in [0.2, 0.25) is 0 Å². The van der Waals surface area contributed by atoms with Crippen molar-refractivity contribution in [2.75, 3.05) is 32.8 Å².